The molecule has 0 unspecified atom stereocenters. The summed E-state index contributed by atoms with van der Waals surface area (Å²) in [7, 11) is 0. The topological polar surface area (TPSA) is 55.1 Å². The van der Waals surface area contributed by atoms with E-state index in [1.54, 1.807) is 20.8 Å². The van der Waals surface area contributed by atoms with Crippen molar-refractivity contribution in [3.05, 3.63) is 51.4 Å². The summed E-state index contributed by atoms with van der Waals surface area (Å²) in [5.41, 5.74) is 1.04. The minimum atomic E-state index is -1.08. The molecule has 0 aliphatic heterocycles. The molecule has 1 amide bonds. The molecular weight excluding hydrogens is 302 g/mol. The molecule has 2 rings (SSSR count). The molecule has 1 heterocycles. The molecule has 0 radical (unpaired) electrons. The van der Waals surface area contributed by atoms with Crippen LogP contribution < -0.4 is 5.32 Å². The minimum Gasteiger partial charge on any atom is -0.361 e. The normalized spacial score (nSPS) is 12.3. The van der Waals surface area contributed by atoms with E-state index in [0.29, 0.717) is 11.5 Å². The van der Waals surface area contributed by atoms with Gasteiger partial charge in [-0.25, -0.2) is 8.78 Å². The van der Waals surface area contributed by atoms with Gasteiger partial charge in [0.25, 0.3) is 5.91 Å². The van der Waals surface area contributed by atoms with Crippen LogP contribution in [0.3, 0.4) is 0 Å². The molecule has 112 valence electrons. The molecule has 1 N–H and O–H groups in total. The van der Waals surface area contributed by atoms with Crippen LogP contribution in [0.1, 0.15) is 40.3 Å². The fraction of sp³-hybridized carbons (Fsp3) is 0.286. The Morgan fingerprint density at radius 1 is 1.38 bits per heavy atom. The highest BCUT2D eigenvalue weighted by Gasteiger charge is 2.22. The third-order valence-electron chi connectivity index (χ3n) is 3.15. The number of hydrogen-bond acceptors (Lipinski definition) is 3. The maximum absolute atomic E-state index is 13.8. The van der Waals surface area contributed by atoms with Crippen molar-refractivity contribution in [2.45, 2.75) is 26.8 Å². The Morgan fingerprint density at radius 2 is 2.05 bits per heavy atom. The van der Waals surface area contributed by atoms with Crippen LogP contribution >= 0.6 is 11.6 Å². The van der Waals surface area contributed by atoms with E-state index in [0.717, 1.165) is 17.7 Å². The molecule has 1 aromatic heterocycles. The predicted molar refractivity (Wildman–Crippen MR) is 73.2 cm³/mol. The van der Waals surface area contributed by atoms with Gasteiger partial charge < -0.3 is 9.84 Å². The summed E-state index contributed by atoms with van der Waals surface area (Å²) in [6, 6.07) is 1.55. The Balaban J connectivity index is 2.25. The summed E-state index contributed by atoms with van der Waals surface area (Å²) in [5.74, 6) is -2.12. The second kappa shape index (κ2) is 5.81. The summed E-state index contributed by atoms with van der Waals surface area (Å²) in [4.78, 5) is 12.1. The largest absolute Gasteiger partial charge is 0.361 e. The molecule has 4 nitrogen and oxygen atoms in total. The number of carbonyl (C=O) groups is 1. The maximum atomic E-state index is 13.8. The van der Waals surface area contributed by atoms with Crippen LogP contribution in [0.2, 0.25) is 5.02 Å². The second-order valence-corrected chi connectivity index (χ2v) is 5.03. The number of aromatic nitrogens is 1. The number of halogens is 3. The molecule has 1 atom stereocenters. The van der Waals surface area contributed by atoms with Crippen LogP contribution in [0.5, 0.6) is 0 Å². The highest BCUT2D eigenvalue weighted by Crippen LogP contribution is 2.24. The maximum Gasteiger partial charge on any atom is 0.254 e. The highest BCUT2D eigenvalue weighted by atomic mass is 35.5. The lowest BCUT2D eigenvalue weighted by Gasteiger charge is -2.14. The van der Waals surface area contributed by atoms with Gasteiger partial charge in [-0.15, -0.1) is 0 Å². The van der Waals surface area contributed by atoms with Gasteiger partial charge in [0.2, 0.25) is 0 Å². The molecular formula is C14H13ClF2N2O2. The zero-order valence-electron chi connectivity index (χ0n) is 11.6. The van der Waals surface area contributed by atoms with Crippen molar-refractivity contribution in [1.29, 1.82) is 0 Å². The molecule has 0 saturated heterocycles. The molecule has 0 bridgehead atoms. The van der Waals surface area contributed by atoms with Gasteiger partial charge in [-0.05, 0) is 32.9 Å². The lowest BCUT2D eigenvalue weighted by Crippen LogP contribution is -2.28. The van der Waals surface area contributed by atoms with Crippen molar-refractivity contribution in [3.8, 4) is 0 Å². The lowest BCUT2D eigenvalue weighted by atomic mass is 10.1. The quantitative estimate of drug-likeness (QED) is 0.879. The number of nitrogens with zero attached hydrogens (tertiary/aromatic N) is 1. The third kappa shape index (κ3) is 2.90. The first-order valence-electron chi connectivity index (χ1n) is 6.20. The summed E-state index contributed by atoms with van der Waals surface area (Å²) in [5, 5.41) is 5.70. The number of rotatable bonds is 3. The van der Waals surface area contributed by atoms with Gasteiger partial charge in [0.15, 0.2) is 5.82 Å². The van der Waals surface area contributed by atoms with Crippen LogP contribution in [0.15, 0.2) is 16.7 Å². The zero-order chi connectivity index (χ0) is 15.7. The van der Waals surface area contributed by atoms with Gasteiger partial charge >= 0.3 is 0 Å². The van der Waals surface area contributed by atoms with E-state index in [9.17, 15) is 13.6 Å². The van der Waals surface area contributed by atoms with Gasteiger partial charge in [0, 0.05) is 5.56 Å². The number of carbonyl (C=O) groups excluding carboxylic acids is 1. The standard InChI is InChI=1S/C14H13ClF2N2O2/c1-6(11-7(2)19-21-8(11)3)18-14(20)9-4-5-10(16)12(15)13(9)17/h4-6H,1-3H3,(H,18,20)/t6-/m1/s1. The first kappa shape index (κ1) is 15.4. The molecule has 0 saturated carbocycles. The second-order valence-electron chi connectivity index (χ2n) is 4.66. The number of hydrogen-bond donors (Lipinski definition) is 1. The molecule has 21 heavy (non-hydrogen) atoms. The molecule has 0 fully saturated rings. The number of amides is 1. The van der Waals surface area contributed by atoms with E-state index >= 15 is 0 Å². The highest BCUT2D eigenvalue weighted by molar-refractivity contribution is 6.31. The SMILES string of the molecule is Cc1noc(C)c1[C@@H](C)NC(=O)c1ccc(F)c(Cl)c1F. The molecule has 0 aliphatic carbocycles. The van der Waals surface area contributed by atoms with E-state index in [-0.39, 0.29) is 5.56 Å². The monoisotopic (exact) mass is 314 g/mol. The summed E-state index contributed by atoms with van der Waals surface area (Å²) < 4.78 is 31.9. The fourth-order valence-corrected chi connectivity index (χ4v) is 2.32. The minimum absolute atomic E-state index is 0.319. The Morgan fingerprint density at radius 3 is 2.62 bits per heavy atom. The van der Waals surface area contributed by atoms with Crippen molar-refractivity contribution in [1.82, 2.24) is 10.5 Å². The average Bonchev–Trinajstić information content (AvgIpc) is 2.75. The van der Waals surface area contributed by atoms with E-state index in [2.05, 4.69) is 10.5 Å². The number of benzene rings is 1. The third-order valence-corrected chi connectivity index (χ3v) is 3.50. The van der Waals surface area contributed by atoms with Gasteiger partial charge in [-0.2, -0.15) is 0 Å². The summed E-state index contributed by atoms with van der Waals surface area (Å²) in [6.07, 6.45) is 0. The summed E-state index contributed by atoms with van der Waals surface area (Å²) in [6.45, 7) is 5.17. The molecule has 0 aliphatic rings. The van der Waals surface area contributed by atoms with Gasteiger partial charge in [-0.1, -0.05) is 16.8 Å². The van der Waals surface area contributed by atoms with Crippen LogP contribution in [-0.4, -0.2) is 11.1 Å². The Labute approximate surface area is 125 Å². The molecule has 7 heteroatoms. The van der Waals surface area contributed by atoms with Crippen LogP contribution in [0.25, 0.3) is 0 Å². The van der Waals surface area contributed by atoms with Crippen LogP contribution in [-0.2, 0) is 0 Å². The Hall–Kier alpha value is -1.95. The zero-order valence-corrected chi connectivity index (χ0v) is 12.4. The van der Waals surface area contributed by atoms with Gasteiger partial charge in [0.1, 0.15) is 16.6 Å². The van der Waals surface area contributed by atoms with Crippen molar-refractivity contribution >= 4 is 17.5 Å². The number of nitrogens with one attached hydrogen (secondary N) is 1. The average molecular weight is 315 g/mol. The predicted octanol–water partition coefficient (Wildman–Crippen LogP) is 3.71. The molecule has 1 aromatic carbocycles. The Kier molecular flexibility index (Phi) is 4.27. The first-order valence-corrected chi connectivity index (χ1v) is 6.57. The van der Waals surface area contributed by atoms with E-state index < -0.39 is 28.6 Å². The molecule has 0 spiro atoms. The van der Waals surface area contributed by atoms with Gasteiger partial charge in [-0.3, -0.25) is 4.79 Å². The Bertz CT molecular complexity index is 681. The smallest absolute Gasteiger partial charge is 0.254 e. The van der Waals surface area contributed by atoms with Crippen LogP contribution in [0, 0.1) is 25.5 Å². The van der Waals surface area contributed by atoms with Crippen molar-refractivity contribution in [3.63, 3.8) is 0 Å². The van der Waals surface area contributed by atoms with Crippen LogP contribution in [0.4, 0.5) is 8.78 Å². The molecule has 2 aromatic rings. The van der Waals surface area contributed by atoms with E-state index in [4.69, 9.17) is 16.1 Å². The lowest BCUT2D eigenvalue weighted by molar-refractivity contribution is 0.0935. The van der Waals surface area contributed by atoms with E-state index in [1.165, 1.54) is 0 Å². The summed E-state index contributed by atoms with van der Waals surface area (Å²) >= 11 is 5.46. The van der Waals surface area contributed by atoms with Gasteiger partial charge in [0.05, 0.1) is 17.3 Å². The fourth-order valence-electron chi connectivity index (χ4n) is 2.16. The number of aryl methyl sites for hydroxylation is 2. The van der Waals surface area contributed by atoms with Crippen molar-refractivity contribution in [2.24, 2.45) is 0 Å². The first-order chi connectivity index (χ1) is 9.82. The van der Waals surface area contributed by atoms with E-state index in [1.807, 2.05) is 0 Å². The van der Waals surface area contributed by atoms with Crippen molar-refractivity contribution in [2.75, 3.05) is 0 Å². The van der Waals surface area contributed by atoms with Crippen molar-refractivity contribution < 1.29 is 18.1 Å².